The molecule has 0 aliphatic heterocycles. The van der Waals surface area contributed by atoms with E-state index < -0.39 is 19.8 Å². The Morgan fingerprint density at radius 3 is 2.69 bits per heavy atom. The van der Waals surface area contributed by atoms with Gasteiger partial charge in [-0.15, -0.1) is 0 Å². The van der Waals surface area contributed by atoms with Gasteiger partial charge in [-0.2, -0.15) is 5.26 Å². The third-order valence-corrected chi connectivity index (χ3v) is 9.47. The second kappa shape index (κ2) is 11.1. The van der Waals surface area contributed by atoms with Crippen molar-refractivity contribution in [3.63, 3.8) is 0 Å². The number of carbonyl (C=O) groups excluding carboxylic acids is 1. The van der Waals surface area contributed by atoms with Gasteiger partial charge in [0.05, 0.1) is 5.56 Å². The summed E-state index contributed by atoms with van der Waals surface area (Å²) in [7, 11) is 0. The van der Waals surface area contributed by atoms with E-state index in [4.69, 9.17) is 4.42 Å². The Labute approximate surface area is 213 Å². The zero-order chi connectivity index (χ0) is 24.9. The molecule has 0 unspecified atom stereocenters. The Kier molecular flexibility index (Phi) is 7.89. The van der Waals surface area contributed by atoms with Gasteiger partial charge in [0.25, 0.3) is 5.91 Å². The monoisotopic (exact) mass is 573 g/mol. The molecule has 0 spiro atoms. The molecule has 0 saturated heterocycles. The number of furan rings is 1. The number of nitrogens with zero attached hydrogens (tertiary/aromatic N) is 2. The van der Waals surface area contributed by atoms with Crippen molar-refractivity contribution in [3.8, 4) is 17.4 Å². The molecule has 2 aromatic carbocycles. The smallest absolute Gasteiger partial charge is 0.0381 e. The number of nitrogens with one attached hydrogen (secondary N) is 2. The third-order valence-electron chi connectivity index (χ3n) is 5.90. The number of aromatic nitrogens is 1. The van der Waals surface area contributed by atoms with Crippen molar-refractivity contribution >= 4 is 42.3 Å². The number of hydrogen-bond acceptors (Lipinski definition) is 5. The van der Waals surface area contributed by atoms with Crippen molar-refractivity contribution in [1.29, 1.82) is 5.26 Å². The first-order chi connectivity index (χ1) is 16.9. The summed E-state index contributed by atoms with van der Waals surface area (Å²) >= 11 is -1.06. The first kappa shape index (κ1) is 25.0. The molecule has 0 bridgehead atoms. The number of benzene rings is 2. The molecule has 2 N–H and O–H groups in total. The van der Waals surface area contributed by atoms with Gasteiger partial charge in [-0.1, -0.05) is 17.7 Å². The summed E-state index contributed by atoms with van der Waals surface area (Å²) in [5, 5.41) is 16.8. The Morgan fingerprint density at radius 1 is 1.11 bits per heavy atom. The molecule has 0 saturated carbocycles. The number of anilines is 1. The molecular formula is C28H29N4O2Sn. The average Bonchev–Trinajstić information content (AvgIpc) is 3.30. The first-order valence-corrected chi connectivity index (χ1v) is 19.4. The first-order valence-electron chi connectivity index (χ1n) is 11.7. The van der Waals surface area contributed by atoms with Crippen LogP contribution in [-0.2, 0) is 6.54 Å². The maximum absolute atomic E-state index is 13.0. The molecule has 2 aromatic heterocycles. The zero-order valence-electron chi connectivity index (χ0n) is 20.5. The van der Waals surface area contributed by atoms with Gasteiger partial charge in [-0.25, -0.2) is 0 Å². The summed E-state index contributed by atoms with van der Waals surface area (Å²) in [5.41, 5.74) is 4.91. The van der Waals surface area contributed by atoms with Crippen molar-refractivity contribution in [2.75, 3.05) is 11.9 Å². The Bertz CT molecular complexity index is 1420. The van der Waals surface area contributed by atoms with Crippen LogP contribution in [0.25, 0.3) is 22.2 Å². The Hall–Kier alpha value is -3.15. The standard InChI is InChI=1S/C26H23N4O2.2CH3.Sn/c1-4-28-15-20-7-10-24(32-20)18-6-9-22-23(12-18)29-14-19(13-27)25(22)30-26(31)21-8-5-16(2)11-17(21)3;;;/h5-12,14,28H,1,4,15H2,2-3H3,(H,29,30,31);2*1H3;. The molecule has 6 nitrogen and oxygen atoms in total. The predicted octanol–water partition coefficient (Wildman–Crippen LogP) is 6.08. The largest absolute Gasteiger partial charge is 0.0556 e. The van der Waals surface area contributed by atoms with Gasteiger partial charge in [0, 0.05) is 5.56 Å². The number of pyridine rings is 1. The number of nitriles is 1. The van der Waals surface area contributed by atoms with E-state index in [1.54, 1.807) is 0 Å². The minimum absolute atomic E-state index is 0.250. The number of aryl methyl sites for hydroxylation is 2. The van der Waals surface area contributed by atoms with Gasteiger partial charge in [0.15, 0.2) is 0 Å². The molecule has 0 aliphatic rings. The van der Waals surface area contributed by atoms with Gasteiger partial charge in [-0.05, 0) is 25.5 Å². The van der Waals surface area contributed by atoms with E-state index in [1.807, 2.05) is 62.4 Å². The number of carbonyl (C=O) groups is 1. The van der Waals surface area contributed by atoms with Crippen LogP contribution in [0.5, 0.6) is 0 Å². The summed E-state index contributed by atoms with van der Waals surface area (Å²) in [6.07, 6.45) is 1.50. The van der Waals surface area contributed by atoms with Crippen LogP contribution in [0.15, 0.2) is 59.1 Å². The van der Waals surface area contributed by atoms with Crippen molar-refractivity contribution in [1.82, 2.24) is 10.3 Å². The Balaban J connectivity index is 1.59. The van der Waals surface area contributed by atoms with E-state index in [-0.39, 0.29) is 5.91 Å². The molecule has 0 fully saturated rings. The zero-order valence-corrected chi connectivity index (χ0v) is 23.4. The SMILES string of the molecule is Cc1ccc(C(=O)Nc2c(C#N)cnc3cc(-c4ccc(CNC[CH2][Sn]([CH3])[CH3])o4)ccc23)c(C)c1. The van der Waals surface area contributed by atoms with Crippen LogP contribution >= 0.6 is 0 Å². The summed E-state index contributed by atoms with van der Waals surface area (Å²) in [6, 6.07) is 17.5. The van der Waals surface area contributed by atoms with E-state index >= 15 is 0 Å². The van der Waals surface area contributed by atoms with Crippen LogP contribution in [0.2, 0.25) is 14.3 Å². The Morgan fingerprint density at radius 2 is 1.94 bits per heavy atom. The van der Waals surface area contributed by atoms with Crippen LogP contribution < -0.4 is 10.6 Å². The van der Waals surface area contributed by atoms with Gasteiger partial charge >= 0.3 is 132 Å². The van der Waals surface area contributed by atoms with E-state index in [0.29, 0.717) is 34.3 Å². The second-order valence-electron chi connectivity index (χ2n) is 9.06. The van der Waals surface area contributed by atoms with E-state index in [2.05, 4.69) is 31.6 Å². The van der Waals surface area contributed by atoms with Crippen molar-refractivity contribution in [2.24, 2.45) is 0 Å². The molecule has 1 radical (unpaired) electrons. The molecule has 0 aliphatic carbocycles. The second-order valence-corrected chi connectivity index (χ2v) is 17.4. The number of hydrogen-bond donors (Lipinski definition) is 2. The number of rotatable bonds is 8. The van der Waals surface area contributed by atoms with Crippen molar-refractivity contribution in [2.45, 2.75) is 34.7 Å². The van der Waals surface area contributed by atoms with Crippen LogP contribution in [0, 0.1) is 25.2 Å². The van der Waals surface area contributed by atoms with E-state index in [9.17, 15) is 10.1 Å². The fourth-order valence-electron chi connectivity index (χ4n) is 3.99. The molecule has 1 amide bonds. The normalized spacial score (nSPS) is 11.1. The summed E-state index contributed by atoms with van der Waals surface area (Å²) in [4.78, 5) is 22.3. The minimum atomic E-state index is -1.06. The molecule has 35 heavy (non-hydrogen) atoms. The summed E-state index contributed by atoms with van der Waals surface area (Å²) in [6.45, 7) is 5.64. The van der Waals surface area contributed by atoms with Gasteiger partial charge in [0.2, 0.25) is 0 Å². The van der Waals surface area contributed by atoms with Crippen LogP contribution in [-0.4, -0.2) is 37.2 Å². The van der Waals surface area contributed by atoms with Crippen molar-refractivity contribution < 1.29 is 9.21 Å². The van der Waals surface area contributed by atoms with Crippen LogP contribution in [0.4, 0.5) is 5.69 Å². The molecule has 7 heteroatoms. The predicted molar refractivity (Wildman–Crippen MR) is 142 cm³/mol. The van der Waals surface area contributed by atoms with E-state index in [1.165, 1.54) is 10.6 Å². The minimum Gasteiger partial charge on any atom is -0.0556 e. The van der Waals surface area contributed by atoms with Crippen molar-refractivity contribution in [3.05, 3.63) is 82.7 Å². The fraction of sp³-hybridized carbons (Fsp3) is 0.250. The fourth-order valence-corrected chi connectivity index (χ4v) is 5.93. The topological polar surface area (TPSA) is 91.0 Å². The number of fused-ring (bicyclic) bond motifs is 1. The van der Waals surface area contributed by atoms with Crippen LogP contribution in [0.3, 0.4) is 0 Å². The van der Waals surface area contributed by atoms with E-state index in [0.717, 1.165) is 34.8 Å². The number of amides is 1. The summed E-state index contributed by atoms with van der Waals surface area (Å²) in [5.74, 6) is 1.41. The quantitative estimate of drug-likeness (QED) is 0.197. The van der Waals surface area contributed by atoms with Crippen LogP contribution in [0.1, 0.15) is 32.8 Å². The molecule has 0 atom stereocenters. The van der Waals surface area contributed by atoms with Gasteiger partial charge < -0.3 is 5.32 Å². The molecule has 2 heterocycles. The van der Waals surface area contributed by atoms with Gasteiger partial charge in [0.1, 0.15) is 6.07 Å². The summed E-state index contributed by atoms with van der Waals surface area (Å²) < 4.78 is 7.37. The maximum Gasteiger partial charge on any atom is -0.0381 e. The third kappa shape index (κ3) is 5.92. The average molecular weight is 572 g/mol. The maximum atomic E-state index is 13.0. The molecule has 4 aromatic rings. The van der Waals surface area contributed by atoms with Gasteiger partial charge in [-0.3, -0.25) is 4.79 Å². The molecule has 177 valence electrons. The molecule has 4 rings (SSSR count). The molecular weight excluding hydrogens is 543 g/mol.